The van der Waals surface area contributed by atoms with E-state index in [-0.39, 0.29) is 36.6 Å². The topological polar surface area (TPSA) is 72.9 Å². The molecule has 0 aromatic carbocycles. The van der Waals surface area contributed by atoms with Crippen molar-refractivity contribution in [2.45, 2.75) is 26.4 Å². The summed E-state index contributed by atoms with van der Waals surface area (Å²) >= 11 is 0. The van der Waals surface area contributed by atoms with Crippen molar-refractivity contribution in [2.24, 2.45) is 18.7 Å². The third kappa shape index (κ3) is 5.39. The molecule has 3 N–H and O–H groups in total. The van der Waals surface area contributed by atoms with Crippen LogP contribution in [-0.2, 0) is 18.4 Å². The average molecular weight is 283 g/mol. The van der Waals surface area contributed by atoms with Crippen molar-refractivity contribution in [3.8, 4) is 0 Å². The molecule has 1 aromatic heterocycles. The molecule has 100 valence electrons. The summed E-state index contributed by atoms with van der Waals surface area (Å²) in [6.07, 6.45) is 3.54. The van der Waals surface area contributed by atoms with E-state index in [0.29, 0.717) is 6.54 Å². The van der Waals surface area contributed by atoms with Gasteiger partial charge in [0.2, 0.25) is 5.91 Å². The first kappa shape index (κ1) is 18.6. The SMILES string of the molecule is CC(C)C(N)C(=O)NCc1nccn1C.Cl.Cl. The average Bonchev–Trinajstić information content (AvgIpc) is 2.59. The zero-order valence-electron chi connectivity index (χ0n) is 10.2. The molecule has 0 aliphatic rings. The van der Waals surface area contributed by atoms with E-state index in [4.69, 9.17) is 5.73 Å². The number of carbonyl (C=O) groups is 1. The summed E-state index contributed by atoms with van der Waals surface area (Å²) in [4.78, 5) is 15.6. The van der Waals surface area contributed by atoms with E-state index in [1.807, 2.05) is 31.7 Å². The zero-order valence-corrected chi connectivity index (χ0v) is 11.8. The zero-order chi connectivity index (χ0) is 11.4. The molecule has 0 saturated heterocycles. The van der Waals surface area contributed by atoms with Gasteiger partial charge in [-0.3, -0.25) is 4.79 Å². The fraction of sp³-hybridized carbons (Fsp3) is 0.600. The Hall–Kier alpha value is -0.780. The molecule has 1 unspecified atom stereocenters. The van der Waals surface area contributed by atoms with Gasteiger partial charge < -0.3 is 15.6 Å². The molecule has 0 radical (unpaired) electrons. The van der Waals surface area contributed by atoms with Crippen LogP contribution in [0.4, 0.5) is 0 Å². The van der Waals surface area contributed by atoms with Gasteiger partial charge in [0.05, 0.1) is 12.6 Å². The number of amides is 1. The standard InChI is InChI=1S/C10H18N4O.2ClH/c1-7(2)9(11)10(15)13-6-8-12-4-5-14(8)3;;/h4-5,7,9H,6,11H2,1-3H3,(H,13,15);2*1H. The Labute approximate surface area is 114 Å². The van der Waals surface area contributed by atoms with Crippen LogP contribution in [0.3, 0.4) is 0 Å². The fourth-order valence-electron chi connectivity index (χ4n) is 1.15. The molecule has 0 aliphatic heterocycles. The molecule has 1 aromatic rings. The number of hydrogen-bond donors (Lipinski definition) is 2. The summed E-state index contributed by atoms with van der Waals surface area (Å²) in [7, 11) is 1.89. The summed E-state index contributed by atoms with van der Waals surface area (Å²) in [6, 6.07) is -0.453. The second kappa shape index (κ2) is 8.33. The number of nitrogens with two attached hydrogens (primary N) is 1. The van der Waals surface area contributed by atoms with E-state index < -0.39 is 6.04 Å². The number of nitrogens with zero attached hydrogens (tertiary/aromatic N) is 2. The third-order valence-corrected chi connectivity index (χ3v) is 2.36. The molecule has 0 bridgehead atoms. The normalized spacial score (nSPS) is 11.4. The summed E-state index contributed by atoms with van der Waals surface area (Å²) in [6.45, 7) is 4.26. The van der Waals surface area contributed by atoms with E-state index in [1.54, 1.807) is 6.20 Å². The van der Waals surface area contributed by atoms with Crippen LogP contribution >= 0.6 is 24.8 Å². The third-order valence-electron chi connectivity index (χ3n) is 2.36. The maximum absolute atomic E-state index is 11.5. The minimum Gasteiger partial charge on any atom is -0.348 e. The minimum atomic E-state index is -0.453. The lowest BCUT2D eigenvalue weighted by molar-refractivity contribution is -0.123. The second-order valence-electron chi connectivity index (χ2n) is 3.94. The maximum atomic E-state index is 11.5. The Morgan fingerprint density at radius 3 is 2.53 bits per heavy atom. The first-order valence-electron chi connectivity index (χ1n) is 5.02. The smallest absolute Gasteiger partial charge is 0.237 e. The van der Waals surface area contributed by atoms with Crippen molar-refractivity contribution in [1.82, 2.24) is 14.9 Å². The Balaban J connectivity index is 0. The van der Waals surface area contributed by atoms with Crippen LogP contribution in [0, 0.1) is 5.92 Å². The van der Waals surface area contributed by atoms with Gasteiger partial charge in [0, 0.05) is 19.4 Å². The van der Waals surface area contributed by atoms with Crippen LogP contribution in [0.15, 0.2) is 12.4 Å². The summed E-state index contributed by atoms with van der Waals surface area (Å²) in [5, 5.41) is 2.76. The Morgan fingerprint density at radius 1 is 1.53 bits per heavy atom. The van der Waals surface area contributed by atoms with Gasteiger partial charge >= 0.3 is 0 Å². The van der Waals surface area contributed by atoms with Gasteiger partial charge in [-0.1, -0.05) is 13.8 Å². The molecule has 0 saturated carbocycles. The number of aromatic nitrogens is 2. The van der Waals surface area contributed by atoms with Crippen LogP contribution in [0.25, 0.3) is 0 Å². The number of nitrogens with one attached hydrogen (secondary N) is 1. The van der Waals surface area contributed by atoms with Crippen LogP contribution < -0.4 is 11.1 Å². The molecule has 1 rings (SSSR count). The highest BCUT2D eigenvalue weighted by Gasteiger charge is 2.16. The molecular formula is C10H20Cl2N4O. The van der Waals surface area contributed by atoms with E-state index in [2.05, 4.69) is 10.3 Å². The van der Waals surface area contributed by atoms with Gasteiger partial charge in [-0.15, -0.1) is 24.8 Å². The van der Waals surface area contributed by atoms with E-state index >= 15 is 0 Å². The van der Waals surface area contributed by atoms with Gasteiger partial charge in [0.15, 0.2) is 0 Å². The van der Waals surface area contributed by atoms with Gasteiger partial charge in [-0.2, -0.15) is 0 Å². The second-order valence-corrected chi connectivity index (χ2v) is 3.94. The number of aryl methyl sites for hydroxylation is 1. The van der Waals surface area contributed by atoms with Gasteiger partial charge in [0.25, 0.3) is 0 Å². The molecule has 1 amide bonds. The molecule has 5 nitrogen and oxygen atoms in total. The van der Waals surface area contributed by atoms with E-state index in [0.717, 1.165) is 5.82 Å². The van der Waals surface area contributed by atoms with Crippen molar-refractivity contribution in [3.63, 3.8) is 0 Å². The number of hydrogen-bond acceptors (Lipinski definition) is 3. The molecule has 1 heterocycles. The van der Waals surface area contributed by atoms with Gasteiger partial charge in [0.1, 0.15) is 5.82 Å². The number of halogens is 2. The molecule has 1 atom stereocenters. The van der Waals surface area contributed by atoms with Gasteiger partial charge in [-0.25, -0.2) is 4.98 Å². The Kier molecular flexibility index (Phi) is 9.11. The summed E-state index contributed by atoms with van der Waals surface area (Å²) in [5.41, 5.74) is 5.70. The predicted molar refractivity (Wildman–Crippen MR) is 72.4 cm³/mol. The minimum absolute atomic E-state index is 0. The quantitative estimate of drug-likeness (QED) is 0.861. The molecule has 0 fully saturated rings. The van der Waals surface area contributed by atoms with Crippen molar-refractivity contribution >= 4 is 30.7 Å². The molecule has 17 heavy (non-hydrogen) atoms. The molecular weight excluding hydrogens is 263 g/mol. The molecule has 0 aliphatic carbocycles. The van der Waals surface area contributed by atoms with Crippen molar-refractivity contribution in [2.75, 3.05) is 0 Å². The molecule has 0 spiro atoms. The first-order valence-corrected chi connectivity index (χ1v) is 5.02. The summed E-state index contributed by atoms with van der Waals surface area (Å²) in [5.74, 6) is 0.832. The van der Waals surface area contributed by atoms with E-state index in [1.165, 1.54) is 0 Å². The highest BCUT2D eigenvalue weighted by atomic mass is 35.5. The highest BCUT2D eigenvalue weighted by Crippen LogP contribution is 1.99. The largest absolute Gasteiger partial charge is 0.348 e. The lowest BCUT2D eigenvalue weighted by Crippen LogP contribution is -2.43. The van der Waals surface area contributed by atoms with Crippen molar-refractivity contribution < 1.29 is 4.79 Å². The predicted octanol–water partition coefficient (Wildman–Crippen LogP) is 0.863. The van der Waals surface area contributed by atoms with Gasteiger partial charge in [-0.05, 0) is 5.92 Å². The number of rotatable bonds is 4. The fourth-order valence-corrected chi connectivity index (χ4v) is 1.15. The highest BCUT2D eigenvalue weighted by molar-refractivity contribution is 5.85. The van der Waals surface area contributed by atoms with Crippen molar-refractivity contribution in [3.05, 3.63) is 18.2 Å². The number of imidazole rings is 1. The lowest BCUT2D eigenvalue weighted by Gasteiger charge is -2.15. The Morgan fingerprint density at radius 2 is 2.12 bits per heavy atom. The van der Waals surface area contributed by atoms with Crippen LogP contribution in [-0.4, -0.2) is 21.5 Å². The first-order chi connectivity index (χ1) is 7.02. The summed E-state index contributed by atoms with van der Waals surface area (Å²) < 4.78 is 1.86. The van der Waals surface area contributed by atoms with Crippen molar-refractivity contribution in [1.29, 1.82) is 0 Å². The number of carbonyl (C=O) groups excluding carboxylic acids is 1. The lowest BCUT2D eigenvalue weighted by atomic mass is 10.1. The van der Waals surface area contributed by atoms with Crippen LogP contribution in [0.2, 0.25) is 0 Å². The Bertz CT molecular complexity index is 341. The monoisotopic (exact) mass is 282 g/mol. The van der Waals surface area contributed by atoms with Crippen LogP contribution in [0.5, 0.6) is 0 Å². The van der Waals surface area contributed by atoms with E-state index in [9.17, 15) is 4.79 Å². The van der Waals surface area contributed by atoms with Crippen LogP contribution in [0.1, 0.15) is 19.7 Å². The maximum Gasteiger partial charge on any atom is 0.237 e. The molecule has 7 heteroatoms.